The number of aliphatic hydroxyl groups is 2. The number of halogens is 2. The van der Waals surface area contributed by atoms with Gasteiger partial charge in [-0.05, 0) is 86.7 Å². The lowest BCUT2D eigenvalue weighted by atomic mass is 9.51. The highest BCUT2D eigenvalue weighted by atomic mass is 19.2. The summed E-state index contributed by atoms with van der Waals surface area (Å²) in [5.74, 6) is 0.326. The largest absolute Gasteiger partial charge is 0.389 e. The van der Waals surface area contributed by atoms with Crippen LogP contribution in [0.15, 0.2) is 36.5 Å². The first-order chi connectivity index (χ1) is 17.9. The summed E-state index contributed by atoms with van der Waals surface area (Å²) < 4.78 is 41.0. The number of fused-ring (bicyclic) bond motifs is 2. The molecule has 2 spiro atoms. The van der Waals surface area contributed by atoms with Gasteiger partial charge in [0.05, 0.1) is 6.10 Å². The van der Waals surface area contributed by atoms with E-state index in [-0.39, 0.29) is 24.2 Å². The average molecular weight is 526 g/mol. The summed E-state index contributed by atoms with van der Waals surface area (Å²) in [7, 11) is 3.62. The summed E-state index contributed by atoms with van der Waals surface area (Å²) in [6, 6.07) is 7.70. The van der Waals surface area contributed by atoms with Gasteiger partial charge in [0.25, 0.3) is 0 Å². The molecule has 2 bridgehead atoms. The summed E-state index contributed by atoms with van der Waals surface area (Å²) in [6.45, 7) is 2.20. The molecule has 4 fully saturated rings. The van der Waals surface area contributed by atoms with Crippen molar-refractivity contribution in [3.8, 4) is 0 Å². The fraction of sp³-hybridized carbons (Fsp3) is 0.633. The standard InChI is InChI=1S/C30H37F2N3O3/c1-26-9-10-27(31)16-29(32)24(37)23(36)21(35(2)3)15-28(29)11-12-30(27,38-28)22(26)7-6-20(26)18-5-4-17-8-13-34-25(33)19(17)14-18/h4-6,8,13-14,21-24,36-37H,7,9-12,15-16H2,1-3H3,(H2,33,34). The Labute approximate surface area is 221 Å². The Bertz CT molecular complexity index is 1370. The van der Waals surface area contributed by atoms with Crippen LogP contribution in [0.25, 0.3) is 16.3 Å². The van der Waals surface area contributed by atoms with E-state index in [1.54, 1.807) is 6.20 Å². The fourth-order valence-electron chi connectivity index (χ4n) is 9.33. The molecule has 2 saturated carbocycles. The lowest BCUT2D eigenvalue weighted by molar-refractivity contribution is -0.347. The number of nitrogens with two attached hydrogens (primary N) is 1. The number of nitrogens with zero attached hydrogens (tertiary/aromatic N) is 2. The van der Waals surface area contributed by atoms with E-state index in [1.165, 1.54) is 0 Å². The topological polar surface area (TPSA) is 91.8 Å². The van der Waals surface area contributed by atoms with Gasteiger partial charge in [0.1, 0.15) is 28.8 Å². The first-order valence-corrected chi connectivity index (χ1v) is 13.9. The Morgan fingerprint density at radius 1 is 1.11 bits per heavy atom. The molecule has 0 amide bonds. The van der Waals surface area contributed by atoms with Crippen LogP contribution < -0.4 is 5.73 Å². The molecule has 2 aromatic rings. The molecule has 1 aromatic heterocycles. The quantitative estimate of drug-likeness (QED) is 0.545. The molecule has 7 rings (SSSR count). The third kappa shape index (κ3) is 2.77. The lowest BCUT2D eigenvalue weighted by Crippen LogP contribution is -2.78. The number of ether oxygens (including phenoxy) is 1. The van der Waals surface area contributed by atoms with Crippen LogP contribution in [0.1, 0.15) is 57.4 Å². The summed E-state index contributed by atoms with van der Waals surface area (Å²) in [6.07, 6.45) is 2.81. The van der Waals surface area contributed by atoms with Gasteiger partial charge in [-0.2, -0.15) is 0 Å². The maximum Gasteiger partial charge on any atom is 0.171 e. The van der Waals surface area contributed by atoms with E-state index in [2.05, 4.69) is 36.2 Å². The SMILES string of the molecule is CN(C)C1CC23CCC4(O2)C2CC=C(c5ccc6ccnc(N)c6c5)C2(C)CCC4(F)CC3(F)C(O)C1O. The summed E-state index contributed by atoms with van der Waals surface area (Å²) in [4.78, 5) is 6.07. The van der Waals surface area contributed by atoms with Crippen LogP contribution in [-0.2, 0) is 4.74 Å². The van der Waals surface area contributed by atoms with Gasteiger partial charge in [-0.1, -0.05) is 25.1 Å². The van der Waals surface area contributed by atoms with Crippen molar-refractivity contribution >= 4 is 22.2 Å². The molecule has 204 valence electrons. The van der Waals surface area contributed by atoms with E-state index in [0.717, 1.165) is 21.9 Å². The highest BCUT2D eigenvalue weighted by Crippen LogP contribution is 2.74. The number of alkyl halides is 2. The zero-order valence-corrected chi connectivity index (χ0v) is 22.3. The summed E-state index contributed by atoms with van der Waals surface area (Å²) in [5.41, 5.74) is 1.35. The molecule has 38 heavy (non-hydrogen) atoms. The normalized spacial score (nSPS) is 47.5. The van der Waals surface area contributed by atoms with E-state index in [4.69, 9.17) is 10.5 Å². The monoisotopic (exact) mass is 525 g/mol. The van der Waals surface area contributed by atoms with Gasteiger partial charge in [-0.25, -0.2) is 13.8 Å². The molecular formula is C30H37F2N3O3. The Morgan fingerprint density at radius 3 is 2.66 bits per heavy atom. The second-order valence-corrected chi connectivity index (χ2v) is 13.1. The van der Waals surface area contributed by atoms with Crippen LogP contribution in [0.5, 0.6) is 0 Å². The summed E-state index contributed by atoms with van der Waals surface area (Å²) in [5, 5.41) is 23.8. The van der Waals surface area contributed by atoms with Crippen LogP contribution in [-0.4, -0.2) is 75.0 Å². The molecule has 2 aliphatic heterocycles. The summed E-state index contributed by atoms with van der Waals surface area (Å²) >= 11 is 0. The molecule has 9 unspecified atom stereocenters. The zero-order chi connectivity index (χ0) is 26.9. The Kier molecular flexibility index (Phi) is 4.93. The number of anilines is 1. The highest BCUT2D eigenvalue weighted by Gasteiger charge is 2.82. The number of aliphatic hydroxyl groups excluding tert-OH is 2. The molecule has 9 atom stereocenters. The van der Waals surface area contributed by atoms with Crippen LogP contribution in [0, 0.1) is 11.3 Å². The molecule has 6 nitrogen and oxygen atoms in total. The van der Waals surface area contributed by atoms with E-state index < -0.39 is 47.2 Å². The van der Waals surface area contributed by atoms with Crippen LogP contribution >= 0.6 is 0 Å². The van der Waals surface area contributed by atoms with Gasteiger partial charge in [0.2, 0.25) is 0 Å². The number of pyridine rings is 1. The molecule has 4 N–H and O–H groups in total. The number of nitrogen functional groups attached to an aromatic ring is 1. The van der Waals surface area contributed by atoms with E-state index in [1.807, 2.05) is 25.1 Å². The minimum Gasteiger partial charge on any atom is -0.389 e. The van der Waals surface area contributed by atoms with Crippen LogP contribution in [0.2, 0.25) is 0 Å². The van der Waals surface area contributed by atoms with Crippen molar-refractivity contribution in [3.05, 3.63) is 42.1 Å². The average Bonchev–Trinajstić information content (AvgIpc) is 3.42. The zero-order valence-electron chi connectivity index (χ0n) is 22.3. The number of hydrogen-bond acceptors (Lipinski definition) is 6. The van der Waals surface area contributed by atoms with Gasteiger partial charge in [0, 0.05) is 30.0 Å². The molecule has 2 saturated heterocycles. The Morgan fingerprint density at radius 2 is 1.89 bits per heavy atom. The van der Waals surface area contributed by atoms with Gasteiger partial charge in [0.15, 0.2) is 5.67 Å². The Hall–Kier alpha value is -2.13. The van der Waals surface area contributed by atoms with Gasteiger partial charge >= 0.3 is 0 Å². The third-order valence-electron chi connectivity index (χ3n) is 11.4. The highest BCUT2D eigenvalue weighted by molar-refractivity contribution is 5.93. The Balaban J connectivity index is 1.29. The minimum atomic E-state index is -2.33. The number of hydrogen-bond donors (Lipinski definition) is 3. The molecule has 3 aliphatic carbocycles. The molecule has 1 aromatic carbocycles. The number of likely N-dealkylation sites (N-methyl/N-ethyl adjacent to an activating group) is 1. The van der Waals surface area contributed by atoms with Crippen LogP contribution in [0.4, 0.5) is 14.6 Å². The molecule has 8 heteroatoms. The van der Waals surface area contributed by atoms with E-state index >= 15 is 8.78 Å². The first kappa shape index (κ1) is 24.9. The van der Waals surface area contributed by atoms with Crippen molar-refractivity contribution in [2.45, 2.75) is 92.7 Å². The number of rotatable bonds is 2. The van der Waals surface area contributed by atoms with Crippen molar-refractivity contribution in [3.63, 3.8) is 0 Å². The van der Waals surface area contributed by atoms with Crippen molar-refractivity contribution in [1.29, 1.82) is 0 Å². The second kappa shape index (κ2) is 7.53. The smallest absolute Gasteiger partial charge is 0.171 e. The van der Waals surface area contributed by atoms with E-state index in [0.29, 0.717) is 31.5 Å². The van der Waals surface area contributed by atoms with Gasteiger partial charge in [-0.3, -0.25) is 0 Å². The number of allylic oxidation sites excluding steroid dienone is 2. The van der Waals surface area contributed by atoms with Gasteiger partial charge in [-0.15, -0.1) is 0 Å². The van der Waals surface area contributed by atoms with E-state index in [9.17, 15) is 10.2 Å². The maximum atomic E-state index is 17.3. The predicted octanol–water partition coefficient (Wildman–Crippen LogP) is 4.18. The van der Waals surface area contributed by atoms with Crippen molar-refractivity contribution < 1.29 is 23.7 Å². The maximum absolute atomic E-state index is 17.3. The molecule has 5 aliphatic rings. The number of benzene rings is 1. The molecule has 0 radical (unpaired) electrons. The van der Waals surface area contributed by atoms with Crippen molar-refractivity contribution in [2.24, 2.45) is 11.3 Å². The lowest BCUT2D eigenvalue weighted by Gasteiger charge is -2.65. The fourth-order valence-corrected chi connectivity index (χ4v) is 9.33. The predicted molar refractivity (Wildman–Crippen MR) is 142 cm³/mol. The van der Waals surface area contributed by atoms with Crippen LogP contribution in [0.3, 0.4) is 0 Å². The van der Waals surface area contributed by atoms with Crippen molar-refractivity contribution in [1.82, 2.24) is 9.88 Å². The molecule has 3 heterocycles. The third-order valence-corrected chi connectivity index (χ3v) is 11.4. The minimum absolute atomic E-state index is 0.149. The first-order valence-electron chi connectivity index (χ1n) is 13.9. The second-order valence-electron chi connectivity index (χ2n) is 13.1. The number of aromatic nitrogens is 1. The van der Waals surface area contributed by atoms with Gasteiger partial charge < -0.3 is 25.6 Å². The molecular weight excluding hydrogens is 488 g/mol. The van der Waals surface area contributed by atoms with Crippen molar-refractivity contribution in [2.75, 3.05) is 19.8 Å².